The van der Waals surface area contributed by atoms with Crippen molar-refractivity contribution in [2.45, 2.75) is 70.3 Å². The Kier molecular flexibility index (Phi) is 8.91. The third kappa shape index (κ3) is 6.93. The van der Waals surface area contributed by atoms with Crippen molar-refractivity contribution < 1.29 is 35.8 Å². The zero-order valence-corrected chi connectivity index (χ0v) is 18.9. The van der Waals surface area contributed by atoms with Gasteiger partial charge in [0.05, 0.1) is 5.56 Å². The first-order valence-corrected chi connectivity index (χ1v) is 11.5. The monoisotopic (exact) mass is 486 g/mol. The van der Waals surface area contributed by atoms with Crippen molar-refractivity contribution in [3.8, 4) is 11.5 Å². The van der Waals surface area contributed by atoms with Gasteiger partial charge in [-0.2, -0.15) is 22.0 Å². The van der Waals surface area contributed by atoms with Gasteiger partial charge in [-0.1, -0.05) is 38.7 Å². The van der Waals surface area contributed by atoms with Crippen LogP contribution >= 0.6 is 0 Å². The Morgan fingerprint density at radius 1 is 0.912 bits per heavy atom. The van der Waals surface area contributed by atoms with Crippen LogP contribution in [0.1, 0.15) is 75.3 Å². The topological polar surface area (TPSA) is 18.5 Å². The molecule has 1 aliphatic carbocycles. The summed E-state index contributed by atoms with van der Waals surface area (Å²) in [7, 11) is 0. The molecule has 0 heterocycles. The number of rotatable bonds is 10. The maximum atomic E-state index is 14.7. The summed E-state index contributed by atoms with van der Waals surface area (Å²) in [5.41, 5.74) is -0.195. The highest BCUT2D eigenvalue weighted by Crippen LogP contribution is 2.40. The van der Waals surface area contributed by atoms with Gasteiger partial charge in [0, 0.05) is 0 Å². The smallest absolute Gasteiger partial charge is 0.429 e. The normalized spacial score (nSPS) is 18.4. The molecule has 0 atom stereocenters. The lowest BCUT2D eigenvalue weighted by Gasteiger charge is -2.29. The van der Waals surface area contributed by atoms with E-state index in [4.69, 9.17) is 0 Å². The Morgan fingerprint density at radius 2 is 1.56 bits per heavy atom. The maximum absolute atomic E-state index is 14.7. The lowest BCUT2D eigenvalue weighted by Crippen LogP contribution is -2.23. The molecule has 0 spiro atoms. The van der Waals surface area contributed by atoms with Crippen LogP contribution in [0.25, 0.3) is 0 Å². The fourth-order valence-corrected chi connectivity index (χ4v) is 4.41. The molecule has 1 saturated carbocycles. The Balaban J connectivity index is 1.62. The van der Waals surface area contributed by atoms with Crippen LogP contribution in [-0.2, 0) is 6.11 Å². The first-order valence-electron chi connectivity index (χ1n) is 11.5. The number of ether oxygens (including phenoxy) is 2. The van der Waals surface area contributed by atoms with Crippen molar-refractivity contribution in [1.29, 1.82) is 0 Å². The average molecular weight is 486 g/mol. The molecule has 0 radical (unpaired) electrons. The van der Waals surface area contributed by atoms with E-state index in [1.165, 1.54) is 31.7 Å². The Morgan fingerprint density at radius 3 is 2.15 bits per heavy atom. The summed E-state index contributed by atoms with van der Waals surface area (Å²) in [6, 6.07) is 5.56. The van der Waals surface area contributed by atoms with Gasteiger partial charge in [0.2, 0.25) is 0 Å². The van der Waals surface area contributed by atoms with Crippen molar-refractivity contribution in [3.05, 3.63) is 71.5 Å². The third-order valence-corrected chi connectivity index (χ3v) is 6.27. The SMILES string of the molecule is CCCCCC1CCC(c2ccc(C(F)(F)Oc3ccc(OC(F)=C(F)F)cc3)c(F)c2)CC1. The van der Waals surface area contributed by atoms with E-state index in [1.807, 2.05) is 0 Å². The zero-order valence-electron chi connectivity index (χ0n) is 18.9. The van der Waals surface area contributed by atoms with E-state index in [9.17, 15) is 26.3 Å². The van der Waals surface area contributed by atoms with Crippen LogP contribution < -0.4 is 9.47 Å². The van der Waals surface area contributed by atoms with Gasteiger partial charge in [0.1, 0.15) is 17.3 Å². The van der Waals surface area contributed by atoms with Crippen LogP contribution in [0, 0.1) is 11.7 Å². The average Bonchev–Trinajstić information content (AvgIpc) is 2.80. The van der Waals surface area contributed by atoms with E-state index < -0.39 is 29.6 Å². The molecule has 1 fully saturated rings. The fourth-order valence-electron chi connectivity index (χ4n) is 4.41. The minimum atomic E-state index is -3.97. The molecule has 1 aliphatic rings. The number of hydrogen-bond acceptors (Lipinski definition) is 2. The fraction of sp³-hybridized carbons (Fsp3) is 0.462. The molecule has 186 valence electrons. The number of alkyl halides is 2. The Hall–Kier alpha value is -2.64. The van der Waals surface area contributed by atoms with Gasteiger partial charge in [-0.3, -0.25) is 0 Å². The number of benzene rings is 2. The van der Waals surface area contributed by atoms with Gasteiger partial charge in [-0.05, 0) is 79.5 Å². The standard InChI is InChI=1S/C26H28F6O2/c1-2-3-4-5-17-6-8-18(9-7-17)19-10-15-22(23(27)16-19)26(31,32)34-21-13-11-20(12-14-21)33-25(30)24(28)29/h10-18H,2-9H2,1H3. The van der Waals surface area contributed by atoms with E-state index in [1.54, 1.807) is 0 Å². The molecule has 0 N–H and O–H groups in total. The van der Waals surface area contributed by atoms with Gasteiger partial charge in [0.15, 0.2) is 0 Å². The Bertz CT molecular complexity index is 962. The second-order valence-electron chi connectivity index (χ2n) is 8.68. The molecular weight excluding hydrogens is 458 g/mol. The van der Waals surface area contributed by atoms with E-state index in [-0.39, 0.29) is 17.4 Å². The molecule has 8 heteroatoms. The summed E-state index contributed by atoms with van der Waals surface area (Å²) in [5, 5.41) is 0. The highest BCUT2D eigenvalue weighted by atomic mass is 19.3. The second-order valence-corrected chi connectivity index (χ2v) is 8.68. The molecule has 0 amide bonds. The minimum Gasteiger partial charge on any atom is -0.429 e. The van der Waals surface area contributed by atoms with Gasteiger partial charge < -0.3 is 9.47 Å². The lowest BCUT2D eigenvalue weighted by atomic mass is 9.77. The largest absolute Gasteiger partial charge is 0.429 e. The van der Waals surface area contributed by atoms with Gasteiger partial charge in [0.25, 0.3) is 0 Å². The summed E-state index contributed by atoms with van der Waals surface area (Å²) in [6.45, 7) is 2.18. The number of halogens is 6. The molecule has 34 heavy (non-hydrogen) atoms. The maximum Gasteiger partial charge on any atom is 0.429 e. The number of unbranched alkanes of at least 4 members (excludes halogenated alkanes) is 2. The van der Waals surface area contributed by atoms with Crippen LogP contribution in [-0.4, -0.2) is 0 Å². The van der Waals surface area contributed by atoms with E-state index in [0.29, 0.717) is 11.5 Å². The zero-order chi connectivity index (χ0) is 24.7. The predicted octanol–water partition coefficient (Wildman–Crippen LogP) is 9.22. The molecule has 2 nitrogen and oxygen atoms in total. The third-order valence-electron chi connectivity index (χ3n) is 6.27. The van der Waals surface area contributed by atoms with Crippen molar-refractivity contribution >= 4 is 0 Å². The highest BCUT2D eigenvalue weighted by molar-refractivity contribution is 5.34. The molecule has 0 bridgehead atoms. The molecule has 2 aromatic rings. The molecular formula is C26H28F6O2. The van der Waals surface area contributed by atoms with Crippen LogP contribution in [0.2, 0.25) is 0 Å². The van der Waals surface area contributed by atoms with Crippen LogP contribution in [0.5, 0.6) is 11.5 Å². The number of hydrogen-bond donors (Lipinski definition) is 0. The molecule has 0 aliphatic heterocycles. The van der Waals surface area contributed by atoms with E-state index in [0.717, 1.165) is 62.1 Å². The van der Waals surface area contributed by atoms with E-state index >= 15 is 0 Å². The molecule has 3 rings (SSSR count). The summed E-state index contributed by atoms with van der Waals surface area (Å²) >= 11 is 0. The van der Waals surface area contributed by atoms with Crippen molar-refractivity contribution in [1.82, 2.24) is 0 Å². The van der Waals surface area contributed by atoms with Gasteiger partial charge in [-0.15, -0.1) is 0 Å². The highest BCUT2D eigenvalue weighted by Gasteiger charge is 2.38. The first kappa shape index (κ1) is 26.0. The van der Waals surface area contributed by atoms with Crippen molar-refractivity contribution in [3.63, 3.8) is 0 Å². The first-order chi connectivity index (χ1) is 16.2. The quantitative estimate of drug-likeness (QED) is 0.189. The lowest BCUT2D eigenvalue weighted by molar-refractivity contribution is -0.187. The molecule has 0 saturated heterocycles. The summed E-state index contributed by atoms with van der Waals surface area (Å²) in [6.07, 6.45) is 2.20. The second kappa shape index (κ2) is 11.7. The van der Waals surface area contributed by atoms with Crippen LogP contribution in [0.4, 0.5) is 26.3 Å². The minimum absolute atomic E-state index is 0.150. The van der Waals surface area contributed by atoms with E-state index in [2.05, 4.69) is 16.4 Å². The summed E-state index contributed by atoms with van der Waals surface area (Å²) < 4.78 is 89.8. The van der Waals surface area contributed by atoms with Crippen LogP contribution in [0.15, 0.2) is 54.6 Å². The predicted molar refractivity (Wildman–Crippen MR) is 117 cm³/mol. The summed E-state index contributed by atoms with van der Waals surface area (Å²) in [5.74, 6) is -0.927. The van der Waals surface area contributed by atoms with Crippen molar-refractivity contribution in [2.24, 2.45) is 5.92 Å². The van der Waals surface area contributed by atoms with Gasteiger partial charge >= 0.3 is 18.2 Å². The molecule has 2 aromatic carbocycles. The Labute approximate surface area is 195 Å². The van der Waals surface area contributed by atoms with Crippen molar-refractivity contribution in [2.75, 3.05) is 0 Å². The molecule has 0 unspecified atom stereocenters. The van der Waals surface area contributed by atoms with Gasteiger partial charge in [-0.25, -0.2) is 4.39 Å². The summed E-state index contributed by atoms with van der Waals surface area (Å²) in [4.78, 5) is 0. The molecule has 0 aromatic heterocycles. The van der Waals surface area contributed by atoms with Crippen LogP contribution in [0.3, 0.4) is 0 Å².